The number of halogens is 1. The Labute approximate surface area is 306 Å². The molecule has 2 rings (SSSR count). The van der Waals surface area contributed by atoms with Gasteiger partial charge in [-0.15, -0.1) is 0 Å². The standard InChI is InChI=1S/C36H61N5O6.HI/c1-5-8-9-10-11-12-13-14-15-16-17-18-19-20-21-22-27-40(46-4)36(45)47-33(6-2)41-32(42)30-39(35(41)44)28-25-37-34(43)31-24-23-26-38(7-3)29-31;/h23-24,26,29,33H,5-22,25,27-28,30H2,1-4H3;1H. The van der Waals surface area contributed by atoms with Crippen LogP contribution in [0.1, 0.15) is 140 Å². The van der Waals surface area contributed by atoms with Crippen molar-refractivity contribution in [2.45, 2.75) is 143 Å². The normalized spacial score (nSPS) is 13.4. The summed E-state index contributed by atoms with van der Waals surface area (Å²) in [4.78, 5) is 58.9. The first-order valence-electron chi connectivity index (χ1n) is 18.3. The Hall–Kier alpha value is -2.48. The monoisotopic (exact) mass is 787 g/mol. The third kappa shape index (κ3) is 16.3. The third-order valence-corrected chi connectivity index (χ3v) is 8.74. The predicted molar refractivity (Wildman–Crippen MR) is 182 cm³/mol. The molecular formula is C36H62IN5O6. The maximum atomic E-state index is 13.1. The molecule has 5 amide bonds. The molecule has 1 aromatic heterocycles. The zero-order valence-corrected chi connectivity index (χ0v) is 32.2. The molecule has 12 heteroatoms. The van der Waals surface area contributed by atoms with E-state index in [1.165, 1.54) is 95.5 Å². The summed E-state index contributed by atoms with van der Waals surface area (Å²) in [6.07, 6.45) is 22.4. The second-order valence-electron chi connectivity index (χ2n) is 12.5. The summed E-state index contributed by atoms with van der Waals surface area (Å²) in [6.45, 7) is 7.30. The van der Waals surface area contributed by atoms with Gasteiger partial charge in [0.05, 0.1) is 13.7 Å². The van der Waals surface area contributed by atoms with Crippen molar-refractivity contribution in [1.82, 2.24) is 20.2 Å². The van der Waals surface area contributed by atoms with E-state index in [0.717, 1.165) is 35.8 Å². The van der Waals surface area contributed by atoms with Gasteiger partial charge in [0.2, 0.25) is 0 Å². The summed E-state index contributed by atoms with van der Waals surface area (Å²) in [5, 5.41) is 3.95. The highest BCUT2D eigenvalue weighted by Crippen LogP contribution is 2.19. The molecule has 11 nitrogen and oxygen atoms in total. The number of nitrogens with zero attached hydrogens (tertiary/aromatic N) is 4. The SMILES string of the molecule is CCCCCCCCCCCCCCCCCCN(OC)C(=O)OC(CC)N1C(=O)CN(CCNC(=O)c2ccc[n+](CC)c2)C1=O.[I-]. The van der Waals surface area contributed by atoms with Gasteiger partial charge in [-0.2, -0.15) is 5.06 Å². The fourth-order valence-corrected chi connectivity index (χ4v) is 5.84. The van der Waals surface area contributed by atoms with Crippen molar-refractivity contribution in [3.05, 3.63) is 30.1 Å². The number of imide groups is 1. The zero-order valence-electron chi connectivity index (χ0n) is 30.1. The molecule has 1 aromatic rings. The Bertz CT molecular complexity index is 1080. The summed E-state index contributed by atoms with van der Waals surface area (Å²) in [6, 6.07) is 2.98. The molecule has 1 unspecified atom stereocenters. The van der Waals surface area contributed by atoms with Gasteiger partial charge in [0.1, 0.15) is 18.7 Å². The highest BCUT2D eigenvalue weighted by molar-refractivity contribution is 6.02. The van der Waals surface area contributed by atoms with Crippen LogP contribution in [0.2, 0.25) is 0 Å². The number of hydroxylamine groups is 2. The van der Waals surface area contributed by atoms with Crippen molar-refractivity contribution < 1.29 is 57.3 Å². The van der Waals surface area contributed by atoms with Crippen LogP contribution in [-0.4, -0.2) is 78.3 Å². The van der Waals surface area contributed by atoms with Crippen LogP contribution in [0, 0.1) is 0 Å². The second kappa shape index (κ2) is 26.4. The van der Waals surface area contributed by atoms with Crippen LogP contribution in [0.4, 0.5) is 9.59 Å². The molecule has 1 fully saturated rings. The van der Waals surface area contributed by atoms with E-state index < -0.39 is 24.3 Å². The summed E-state index contributed by atoms with van der Waals surface area (Å²) in [5.41, 5.74) is 0.514. The average Bonchev–Trinajstić information content (AvgIpc) is 3.36. The first-order valence-corrected chi connectivity index (χ1v) is 18.3. The number of carbonyl (C=O) groups is 4. The van der Waals surface area contributed by atoms with Crippen molar-refractivity contribution in [3.63, 3.8) is 0 Å². The van der Waals surface area contributed by atoms with E-state index in [9.17, 15) is 19.2 Å². The predicted octanol–water partition coefficient (Wildman–Crippen LogP) is 3.99. The fourth-order valence-electron chi connectivity index (χ4n) is 5.84. The van der Waals surface area contributed by atoms with Gasteiger partial charge < -0.3 is 38.9 Å². The molecule has 0 aromatic carbocycles. The second-order valence-corrected chi connectivity index (χ2v) is 12.5. The molecule has 0 aliphatic carbocycles. The number of nitrogens with one attached hydrogen (secondary N) is 1. The van der Waals surface area contributed by atoms with E-state index in [1.807, 2.05) is 17.7 Å². The minimum atomic E-state index is -1.04. The fraction of sp³-hybridized carbons (Fsp3) is 0.750. The lowest BCUT2D eigenvalue weighted by Crippen LogP contribution is -3.00. The molecule has 48 heavy (non-hydrogen) atoms. The van der Waals surface area contributed by atoms with Crippen molar-refractivity contribution in [2.24, 2.45) is 0 Å². The average molecular weight is 788 g/mol. The number of urea groups is 1. The number of rotatable bonds is 26. The number of unbranched alkanes of at least 4 members (excludes halogenated alkanes) is 15. The van der Waals surface area contributed by atoms with Crippen LogP contribution < -0.4 is 33.9 Å². The minimum Gasteiger partial charge on any atom is -1.00 e. The molecule has 2 heterocycles. The van der Waals surface area contributed by atoms with E-state index in [0.29, 0.717) is 12.1 Å². The third-order valence-electron chi connectivity index (χ3n) is 8.74. The van der Waals surface area contributed by atoms with Crippen LogP contribution in [-0.2, 0) is 20.9 Å². The number of hydrogen-bond donors (Lipinski definition) is 1. The summed E-state index contributed by atoms with van der Waals surface area (Å²) < 4.78 is 7.47. The van der Waals surface area contributed by atoms with Gasteiger partial charge in [-0.1, -0.05) is 110 Å². The molecule has 1 N–H and O–H groups in total. The molecule has 1 aliphatic heterocycles. The van der Waals surface area contributed by atoms with Gasteiger partial charge in [-0.25, -0.2) is 19.1 Å². The van der Waals surface area contributed by atoms with E-state index >= 15 is 0 Å². The van der Waals surface area contributed by atoms with Gasteiger partial charge in [-0.3, -0.25) is 14.4 Å². The summed E-state index contributed by atoms with van der Waals surface area (Å²) in [7, 11) is 1.41. The lowest BCUT2D eigenvalue weighted by atomic mass is 10.0. The number of carbonyl (C=O) groups excluding carboxylic acids is 4. The quantitative estimate of drug-likeness (QED) is 0.0500. The molecule has 1 aliphatic rings. The van der Waals surface area contributed by atoms with E-state index in [4.69, 9.17) is 9.57 Å². The Morgan fingerprint density at radius 3 is 1.98 bits per heavy atom. The van der Waals surface area contributed by atoms with Crippen LogP contribution in [0.5, 0.6) is 0 Å². The van der Waals surface area contributed by atoms with Crippen LogP contribution >= 0.6 is 0 Å². The number of pyridine rings is 1. The largest absolute Gasteiger partial charge is 1.00 e. The topological polar surface area (TPSA) is 112 Å². The Morgan fingerprint density at radius 1 is 0.896 bits per heavy atom. The van der Waals surface area contributed by atoms with Gasteiger partial charge in [-0.05, 0) is 19.4 Å². The number of aromatic nitrogens is 1. The molecule has 1 saturated heterocycles. The van der Waals surface area contributed by atoms with Gasteiger partial charge in [0.25, 0.3) is 11.8 Å². The van der Waals surface area contributed by atoms with Crippen molar-refractivity contribution in [1.29, 1.82) is 0 Å². The minimum absolute atomic E-state index is 0. The molecule has 274 valence electrons. The Kier molecular flexibility index (Phi) is 23.9. The lowest BCUT2D eigenvalue weighted by molar-refractivity contribution is -0.693. The molecule has 0 spiro atoms. The van der Waals surface area contributed by atoms with E-state index in [1.54, 1.807) is 25.3 Å². The van der Waals surface area contributed by atoms with Crippen LogP contribution in [0.3, 0.4) is 0 Å². The lowest BCUT2D eigenvalue weighted by Gasteiger charge is -2.27. The van der Waals surface area contributed by atoms with E-state index in [-0.39, 0.29) is 55.9 Å². The molecule has 1 atom stereocenters. The van der Waals surface area contributed by atoms with Crippen LogP contribution in [0.15, 0.2) is 24.5 Å². The molecule has 0 bridgehead atoms. The molecule has 0 radical (unpaired) electrons. The van der Waals surface area contributed by atoms with Gasteiger partial charge >= 0.3 is 12.1 Å². The van der Waals surface area contributed by atoms with Crippen LogP contribution in [0.25, 0.3) is 0 Å². The van der Waals surface area contributed by atoms with Crippen molar-refractivity contribution in [2.75, 3.05) is 33.3 Å². The molecule has 0 saturated carbocycles. The maximum Gasteiger partial charge on any atom is 0.435 e. The number of hydrogen-bond acceptors (Lipinski definition) is 6. The smallest absolute Gasteiger partial charge is 0.435 e. The van der Waals surface area contributed by atoms with Crippen molar-refractivity contribution >= 4 is 23.9 Å². The van der Waals surface area contributed by atoms with Crippen molar-refractivity contribution in [3.8, 4) is 0 Å². The summed E-state index contributed by atoms with van der Waals surface area (Å²) in [5.74, 6) is -0.707. The highest BCUT2D eigenvalue weighted by atomic mass is 127. The van der Waals surface area contributed by atoms with Gasteiger partial charge in [0.15, 0.2) is 18.6 Å². The zero-order chi connectivity index (χ0) is 34.3. The Balaban J connectivity index is 0.0000115. The highest BCUT2D eigenvalue weighted by Gasteiger charge is 2.42. The Morgan fingerprint density at radius 2 is 1.46 bits per heavy atom. The van der Waals surface area contributed by atoms with E-state index in [2.05, 4.69) is 12.2 Å². The number of aryl methyl sites for hydroxylation is 1. The van der Waals surface area contributed by atoms with Gasteiger partial charge in [0, 0.05) is 25.6 Å². The number of ether oxygens (including phenoxy) is 1. The number of amides is 5. The summed E-state index contributed by atoms with van der Waals surface area (Å²) >= 11 is 0. The molecular weight excluding hydrogens is 725 g/mol. The first-order chi connectivity index (χ1) is 22.9. The maximum absolute atomic E-state index is 13.1. The first kappa shape index (κ1) is 43.5.